The van der Waals surface area contributed by atoms with Crippen molar-refractivity contribution < 1.29 is 8.42 Å². The maximum Gasteiger partial charge on any atom is 0.296 e. The quantitative estimate of drug-likeness (QED) is 0.815. The summed E-state index contributed by atoms with van der Waals surface area (Å²) < 4.78 is 25.5. The molecule has 0 aliphatic carbocycles. The van der Waals surface area contributed by atoms with Gasteiger partial charge in [-0.2, -0.15) is 13.5 Å². The van der Waals surface area contributed by atoms with E-state index >= 15 is 0 Å². The van der Waals surface area contributed by atoms with Gasteiger partial charge in [0, 0.05) is 12.4 Å². The molecule has 0 atom stereocenters. The van der Waals surface area contributed by atoms with Crippen molar-refractivity contribution in [1.82, 2.24) is 9.78 Å². The largest absolute Gasteiger partial charge is 0.296 e. The number of aromatic nitrogens is 2. The Morgan fingerprint density at radius 3 is 2.75 bits per heavy atom. The summed E-state index contributed by atoms with van der Waals surface area (Å²) >= 11 is 0. The van der Waals surface area contributed by atoms with Crippen molar-refractivity contribution >= 4 is 15.9 Å². The fourth-order valence-electron chi connectivity index (χ4n) is 1.30. The fourth-order valence-corrected chi connectivity index (χ4v) is 1.75. The molecule has 0 bridgehead atoms. The second-order valence-corrected chi connectivity index (χ2v) is 4.44. The second kappa shape index (κ2) is 3.95. The van der Waals surface area contributed by atoms with Crippen LogP contribution in [0.2, 0.25) is 0 Å². The lowest BCUT2D eigenvalue weighted by Gasteiger charge is -2.06. The maximum atomic E-state index is 10.8. The minimum Gasteiger partial charge on any atom is -0.271 e. The lowest BCUT2D eigenvalue weighted by molar-refractivity contribution is 0.603. The van der Waals surface area contributed by atoms with Crippen molar-refractivity contribution in [3.05, 3.63) is 42.7 Å². The Morgan fingerprint density at radius 1 is 1.31 bits per heavy atom. The van der Waals surface area contributed by atoms with Crippen LogP contribution in [0.15, 0.2) is 42.7 Å². The van der Waals surface area contributed by atoms with Crippen LogP contribution in [-0.2, 0) is 10.2 Å². The van der Waals surface area contributed by atoms with Crippen LogP contribution in [0, 0.1) is 0 Å². The van der Waals surface area contributed by atoms with Gasteiger partial charge in [-0.05, 0) is 24.3 Å². The third-order valence-electron chi connectivity index (χ3n) is 1.88. The first kappa shape index (κ1) is 10.7. The third-order valence-corrected chi connectivity index (χ3v) is 2.40. The number of rotatable bonds is 3. The van der Waals surface area contributed by atoms with E-state index in [-0.39, 0.29) is 0 Å². The molecule has 0 fully saturated rings. The van der Waals surface area contributed by atoms with Crippen molar-refractivity contribution in [3.63, 3.8) is 0 Å². The SMILES string of the molecule is NS(=O)(=O)Nc1cccc(-n2cccn2)c1. The van der Waals surface area contributed by atoms with Gasteiger partial charge in [0.15, 0.2) is 0 Å². The molecule has 7 heteroatoms. The van der Waals surface area contributed by atoms with E-state index < -0.39 is 10.2 Å². The van der Waals surface area contributed by atoms with Gasteiger partial charge in [-0.3, -0.25) is 4.72 Å². The van der Waals surface area contributed by atoms with E-state index in [2.05, 4.69) is 9.82 Å². The molecule has 0 amide bonds. The normalized spacial score (nSPS) is 11.3. The zero-order valence-corrected chi connectivity index (χ0v) is 9.05. The monoisotopic (exact) mass is 238 g/mol. The summed E-state index contributed by atoms with van der Waals surface area (Å²) in [5.41, 5.74) is 1.15. The van der Waals surface area contributed by atoms with Gasteiger partial charge >= 0.3 is 0 Å². The van der Waals surface area contributed by atoms with E-state index in [4.69, 9.17) is 5.14 Å². The van der Waals surface area contributed by atoms with Gasteiger partial charge in [0.1, 0.15) is 0 Å². The van der Waals surface area contributed by atoms with Crippen molar-refractivity contribution in [2.75, 3.05) is 4.72 Å². The summed E-state index contributed by atoms with van der Waals surface area (Å²) in [6, 6.07) is 8.54. The Kier molecular flexibility index (Phi) is 2.63. The Morgan fingerprint density at radius 2 is 2.12 bits per heavy atom. The molecule has 16 heavy (non-hydrogen) atoms. The first-order valence-corrected chi connectivity index (χ1v) is 6.00. The Labute approximate surface area is 92.9 Å². The second-order valence-electron chi connectivity index (χ2n) is 3.15. The fraction of sp³-hybridized carbons (Fsp3) is 0. The summed E-state index contributed by atoms with van der Waals surface area (Å²) in [6.45, 7) is 0. The summed E-state index contributed by atoms with van der Waals surface area (Å²) in [5.74, 6) is 0. The van der Waals surface area contributed by atoms with Gasteiger partial charge in [0.25, 0.3) is 10.2 Å². The summed E-state index contributed by atoms with van der Waals surface area (Å²) in [4.78, 5) is 0. The highest BCUT2D eigenvalue weighted by atomic mass is 32.2. The van der Waals surface area contributed by atoms with Gasteiger partial charge in [-0.1, -0.05) is 6.07 Å². The molecule has 0 saturated heterocycles. The summed E-state index contributed by atoms with van der Waals surface area (Å²) in [7, 11) is -3.74. The topological polar surface area (TPSA) is 90.0 Å². The number of nitrogens with zero attached hydrogens (tertiary/aromatic N) is 2. The van der Waals surface area contributed by atoms with Crippen molar-refractivity contribution in [2.24, 2.45) is 5.14 Å². The molecule has 3 N–H and O–H groups in total. The molecule has 0 saturated carbocycles. The molecule has 1 heterocycles. The van der Waals surface area contributed by atoms with E-state index in [1.807, 2.05) is 0 Å². The van der Waals surface area contributed by atoms with E-state index in [1.165, 1.54) is 0 Å². The van der Waals surface area contributed by atoms with Gasteiger partial charge in [0.05, 0.1) is 11.4 Å². The first-order chi connectivity index (χ1) is 7.54. The third kappa shape index (κ3) is 2.59. The van der Waals surface area contributed by atoms with Gasteiger partial charge < -0.3 is 0 Å². The molecule has 84 valence electrons. The molecule has 2 aromatic rings. The van der Waals surface area contributed by atoms with E-state index in [0.29, 0.717) is 5.69 Å². The molecule has 1 aromatic carbocycles. The lowest BCUT2D eigenvalue weighted by Crippen LogP contribution is -2.21. The molecule has 0 aliphatic heterocycles. The van der Waals surface area contributed by atoms with Crippen LogP contribution in [0.25, 0.3) is 5.69 Å². The number of nitrogens with one attached hydrogen (secondary N) is 1. The molecule has 6 nitrogen and oxygen atoms in total. The predicted octanol–water partition coefficient (Wildman–Crippen LogP) is 0.488. The molecular weight excluding hydrogens is 228 g/mol. The number of hydrogen-bond donors (Lipinski definition) is 2. The minimum absolute atomic E-state index is 0.399. The molecular formula is C9H10N4O2S. The molecule has 0 aliphatic rings. The molecule has 0 unspecified atom stereocenters. The van der Waals surface area contributed by atoms with E-state index in [0.717, 1.165) is 5.69 Å². The average molecular weight is 238 g/mol. The smallest absolute Gasteiger partial charge is 0.271 e. The highest BCUT2D eigenvalue weighted by Crippen LogP contribution is 2.14. The highest BCUT2D eigenvalue weighted by molar-refractivity contribution is 7.90. The van der Waals surface area contributed by atoms with Gasteiger partial charge in [-0.15, -0.1) is 0 Å². The zero-order chi connectivity index (χ0) is 11.6. The van der Waals surface area contributed by atoms with Crippen molar-refractivity contribution in [3.8, 4) is 5.69 Å². The van der Waals surface area contributed by atoms with E-state index in [1.54, 1.807) is 47.4 Å². The highest BCUT2D eigenvalue weighted by Gasteiger charge is 2.03. The van der Waals surface area contributed by atoms with Gasteiger partial charge in [-0.25, -0.2) is 9.82 Å². The molecule has 2 rings (SSSR count). The summed E-state index contributed by atoms with van der Waals surface area (Å²) in [5, 5.41) is 8.91. The van der Waals surface area contributed by atoms with Gasteiger partial charge in [0.2, 0.25) is 0 Å². The van der Waals surface area contributed by atoms with Crippen LogP contribution in [0.5, 0.6) is 0 Å². The molecule has 0 spiro atoms. The first-order valence-electron chi connectivity index (χ1n) is 4.45. The zero-order valence-electron chi connectivity index (χ0n) is 8.24. The van der Waals surface area contributed by atoms with Crippen molar-refractivity contribution in [2.45, 2.75) is 0 Å². The molecule has 0 radical (unpaired) electrons. The number of hydrogen-bond acceptors (Lipinski definition) is 3. The van der Waals surface area contributed by atoms with Crippen LogP contribution in [0.3, 0.4) is 0 Å². The number of benzene rings is 1. The molecule has 1 aromatic heterocycles. The number of nitrogens with two attached hydrogens (primary N) is 1. The van der Waals surface area contributed by atoms with E-state index in [9.17, 15) is 8.42 Å². The maximum absolute atomic E-state index is 10.8. The predicted molar refractivity (Wildman–Crippen MR) is 60.3 cm³/mol. The Hall–Kier alpha value is -1.86. The van der Waals surface area contributed by atoms with Crippen LogP contribution in [-0.4, -0.2) is 18.2 Å². The summed E-state index contributed by atoms with van der Waals surface area (Å²) in [6.07, 6.45) is 3.40. The Balaban J connectivity index is 2.34. The van der Waals surface area contributed by atoms with Crippen molar-refractivity contribution in [1.29, 1.82) is 0 Å². The number of anilines is 1. The van der Waals surface area contributed by atoms with Crippen LogP contribution in [0.4, 0.5) is 5.69 Å². The average Bonchev–Trinajstić information content (AvgIpc) is 2.68. The minimum atomic E-state index is -3.74. The standard InChI is InChI=1S/C9H10N4O2S/c10-16(14,15)12-8-3-1-4-9(7-8)13-6-2-5-11-13/h1-7,12H,(H2,10,14,15). The van der Waals surface area contributed by atoms with Crippen LogP contribution in [0.1, 0.15) is 0 Å². The van der Waals surface area contributed by atoms with Crippen LogP contribution < -0.4 is 9.86 Å². The van der Waals surface area contributed by atoms with Crippen LogP contribution >= 0.6 is 0 Å². The lowest BCUT2D eigenvalue weighted by atomic mass is 10.3. The Bertz CT molecular complexity index is 577.